The molecule has 1 aliphatic heterocycles. The van der Waals surface area contributed by atoms with Gasteiger partial charge in [-0.15, -0.1) is 0 Å². The Morgan fingerprint density at radius 1 is 0.963 bits per heavy atom. The minimum Gasteiger partial charge on any atom is -0.368 e. The fourth-order valence-corrected chi connectivity index (χ4v) is 2.85. The second-order valence-electron chi connectivity index (χ2n) is 6.24. The summed E-state index contributed by atoms with van der Waals surface area (Å²) in [6.07, 6.45) is 3.32. The molecule has 1 fully saturated rings. The predicted octanol–water partition coefficient (Wildman–Crippen LogP) is 1.37. The van der Waals surface area contributed by atoms with Crippen molar-refractivity contribution in [3.05, 3.63) is 60.2 Å². The van der Waals surface area contributed by atoms with E-state index in [9.17, 15) is 14.0 Å². The maximum atomic E-state index is 13.0. The van der Waals surface area contributed by atoms with Crippen molar-refractivity contribution < 1.29 is 14.0 Å². The van der Waals surface area contributed by atoms with Crippen LogP contribution in [-0.4, -0.2) is 54.5 Å². The number of halogens is 1. The lowest BCUT2D eigenvalue weighted by molar-refractivity contribution is -0.120. The van der Waals surface area contributed by atoms with Crippen molar-refractivity contribution in [2.24, 2.45) is 0 Å². The van der Waals surface area contributed by atoms with Crippen LogP contribution in [0.1, 0.15) is 5.56 Å². The highest BCUT2D eigenvalue weighted by molar-refractivity contribution is 5.84. The molecule has 1 aliphatic rings. The van der Waals surface area contributed by atoms with Crippen LogP contribution in [-0.2, 0) is 11.3 Å². The van der Waals surface area contributed by atoms with E-state index in [0.717, 1.165) is 11.3 Å². The molecule has 7 nitrogen and oxygen atoms in total. The summed E-state index contributed by atoms with van der Waals surface area (Å²) in [6.45, 7) is 2.74. The second kappa shape index (κ2) is 8.98. The monoisotopic (exact) mass is 371 g/mol. The van der Waals surface area contributed by atoms with Crippen molar-refractivity contribution in [1.29, 1.82) is 0 Å². The number of piperazine rings is 1. The van der Waals surface area contributed by atoms with Crippen LogP contribution < -0.4 is 15.5 Å². The van der Waals surface area contributed by atoms with Crippen molar-refractivity contribution in [3.8, 4) is 0 Å². The molecule has 0 radical (unpaired) electrons. The number of aromatic nitrogens is 1. The molecule has 0 spiro atoms. The largest absolute Gasteiger partial charge is 0.368 e. The molecular formula is C19H22FN5O2. The molecular weight excluding hydrogens is 349 g/mol. The van der Waals surface area contributed by atoms with E-state index in [4.69, 9.17) is 0 Å². The summed E-state index contributed by atoms with van der Waals surface area (Å²) >= 11 is 0. The molecule has 2 heterocycles. The average Bonchev–Trinajstić information content (AvgIpc) is 2.72. The number of carbonyl (C=O) groups excluding carboxylic acids is 2. The Morgan fingerprint density at radius 3 is 2.30 bits per heavy atom. The maximum absolute atomic E-state index is 13.0. The SMILES string of the molecule is O=C(CNC(=O)N1CCN(c2ccc(F)cc2)CC1)NCc1ccncc1. The van der Waals surface area contributed by atoms with Crippen LogP contribution in [0.2, 0.25) is 0 Å². The van der Waals surface area contributed by atoms with Gasteiger partial charge >= 0.3 is 6.03 Å². The molecule has 1 aromatic heterocycles. The Bertz CT molecular complexity index is 761. The summed E-state index contributed by atoms with van der Waals surface area (Å²) in [5, 5.41) is 5.40. The van der Waals surface area contributed by atoms with E-state index in [-0.39, 0.29) is 24.3 Å². The molecule has 0 aliphatic carbocycles. The molecule has 3 amide bonds. The predicted molar refractivity (Wildman–Crippen MR) is 99.7 cm³/mol. The van der Waals surface area contributed by atoms with Gasteiger partial charge in [0, 0.05) is 50.8 Å². The van der Waals surface area contributed by atoms with Gasteiger partial charge < -0.3 is 20.4 Å². The van der Waals surface area contributed by atoms with Gasteiger partial charge in [-0.3, -0.25) is 9.78 Å². The summed E-state index contributed by atoms with van der Waals surface area (Å²) in [6, 6.07) is 9.71. The number of hydrogen-bond acceptors (Lipinski definition) is 4. The lowest BCUT2D eigenvalue weighted by Gasteiger charge is -2.36. The summed E-state index contributed by atoms with van der Waals surface area (Å²) in [7, 11) is 0. The van der Waals surface area contributed by atoms with Crippen LogP contribution in [0, 0.1) is 5.82 Å². The van der Waals surface area contributed by atoms with E-state index in [2.05, 4.69) is 20.5 Å². The van der Waals surface area contributed by atoms with E-state index < -0.39 is 0 Å². The van der Waals surface area contributed by atoms with Crippen LogP contribution in [0.4, 0.5) is 14.9 Å². The van der Waals surface area contributed by atoms with E-state index >= 15 is 0 Å². The first kappa shape index (κ1) is 18.6. The quantitative estimate of drug-likeness (QED) is 0.832. The highest BCUT2D eigenvalue weighted by Gasteiger charge is 2.21. The van der Waals surface area contributed by atoms with E-state index in [1.165, 1.54) is 12.1 Å². The van der Waals surface area contributed by atoms with Gasteiger partial charge in [0.15, 0.2) is 0 Å². The van der Waals surface area contributed by atoms with Crippen LogP contribution in [0.5, 0.6) is 0 Å². The third kappa shape index (κ3) is 5.40. The molecule has 2 N–H and O–H groups in total. The number of amides is 3. The van der Waals surface area contributed by atoms with Gasteiger partial charge in [-0.1, -0.05) is 0 Å². The standard InChI is InChI=1S/C19H22FN5O2/c20-16-1-3-17(4-2-16)24-9-11-25(12-10-24)19(27)23-14-18(26)22-13-15-5-7-21-8-6-15/h1-8H,9-14H2,(H,22,26)(H,23,27). The van der Waals surface area contributed by atoms with Gasteiger partial charge in [0.25, 0.3) is 0 Å². The zero-order chi connectivity index (χ0) is 19.1. The van der Waals surface area contributed by atoms with Crippen molar-refractivity contribution in [2.75, 3.05) is 37.6 Å². The smallest absolute Gasteiger partial charge is 0.317 e. The van der Waals surface area contributed by atoms with E-state index in [0.29, 0.717) is 32.7 Å². The summed E-state index contributed by atoms with van der Waals surface area (Å²) in [5.41, 5.74) is 1.88. The van der Waals surface area contributed by atoms with Gasteiger partial charge in [-0.25, -0.2) is 9.18 Å². The number of urea groups is 1. The topological polar surface area (TPSA) is 77.6 Å². The number of hydrogen-bond donors (Lipinski definition) is 2. The first-order chi connectivity index (χ1) is 13.1. The minimum absolute atomic E-state index is 0.0674. The lowest BCUT2D eigenvalue weighted by atomic mass is 10.2. The number of carbonyl (C=O) groups is 2. The van der Waals surface area contributed by atoms with Crippen molar-refractivity contribution >= 4 is 17.6 Å². The molecule has 8 heteroatoms. The third-order valence-corrected chi connectivity index (χ3v) is 4.40. The first-order valence-corrected chi connectivity index (χ1v) is 8.81. The van der Waals surface area contributed by atoms with Crippen LogP contribution >= 0.6 is 0 Å². The first-order valence-electron chi connectivity index (χ1n) is 8.81. The molecule has 1 aromatic carbocycles. The Balaban J connectivity index is 1.38. The zero-order valence-corrected chi connectivity index (χ0v) is 14.9. The Kier molecular flexibility index (Phi) is 6.19. The zero-order valence-electron chi connectivity index (χ0n) is 14.9. The fraction of sp³-hybridized carbons (Fsp3) is 0.316. The molecule has 2 aromatic rings. The normalized spacial score (nSPS) is 14.0. The minimum atomic E-state index is -0.265. The molecule has 0 bridgehead atoms. The average molecular weight is 371 g/mol. The van der Waals surface area contributed by atoms with E-state index in [1.54, 1.807) is 29.4 Å². The number of anilines is 1. The van der Waals surface area contributed by atoms with Crippen molar-refractivity contribution in [1.82, 2.24) is 20.5 Å². The van der Waals surface area contributed by atoms with Gasteiger partial charge in [0.2, 0.25) is 5.91 Å². The molecule has 142 valence electrons. The Morgan fingerprint density at radius 2 is 1.63 bits per heavy atom. The van der Waals surface area contributed by atoms with Gasteiger partial charge in [0.05, 0.1) is 6.54 Å². The number of rotatable bonds is 5. The van der Waals surface area contributed by atoms with Crippen molar-refractivity contribution in [3.63, 3.8) is 0 Å². The van der Waals surface area contributed by atoms with Gasteiger partial charge in [0.1, 0.15) is 5.82 Å². The molecule has 0 unspecified atom stereocenters. The molecule has 0 saturated carbocycles. The highest BCUT2D eigenvalue weighted by Crippen LogP contribution is 2.16. The Hall–Kier alpha value is -3.16. The summed E-state index contributed by atoms with van der Waals surface area (Å²) in [5.74, 6) is -0.510. The van der Waals surface area contributed by atoms with Gasteiger partial charge in [-0.2, -0.15) is 0 Å². The van der Waals surface area contributed by atoms with Crippen LogP contribution in [0.3, 0.4) is 0 Å². The lowest BCUT2D eigenvalue weighted by Crippen LogP contribution is -2.53. The molecule has 3 rings (SSSR count). The van der Waals surface area contributed by atoms with E-state index in [1.807, 2.05) is 12.1 Å². The van der Waals surface area contributed by atoms with Crippen LogP contribution in [0.25, 0.3) is 0 Å². The molecule has 27 heavy (non-hydrogen) atoms. The Labute approximate surface area is 157 Å². The second-order valence-corrected chi connectivity index (χ2v) is 6.24. The molecule has 1 saturated heterocycles. The molecule has 0 atom stereocenters. The van der Waals surface area contributed by atoms with Crippen LogP contribution in [0.15, 0.2) is 48.8 Å². The maximum Gasteiger partial charge on any atom is 0.317 e. The third-order valence-electron chi connectivity index (χ3n) is 4.40. The van der Waals surface area contributed by atoms with Gasteiger partial charge in [-0.05, 0) is 42.0 Å². The number of benzene rings is 1. The number of pyridine rings is 1. The summed E-state index contributed by atoms with van der Waals surface area (Å²) < 4.78 is 13.0. The summed E-state index contributed by atoms with van der Waals surface area (Å²) in [4.78, 5) is 31.8. The number of nitrogens with zero attached hydrogens (tertiary/aromatic N) is 3. The highest BCUT2D eigenvalue weighted by atomic mass is 19.1. The fourth-order valence-electron chi connectivity index (χ4n) is 2.85. The van der Waals surface area contributed by atoms with Crippen molar-refractivity contribution in [2.45, 2.75) is 6.54 Å². The number of nitrogens with one attached hydrogen (secondary N) is 2.